The molecule has 0 saturated heterocycles. The molecule has 0 amide bonds. The molecule has 0 unspecified atom stereocenters. The van der Waals surface area contributed by atoms with E-state index in [1.54, 1.807) is 7.11 Å². The third-order valence-corrected chi connectivity index (χ3v) is 3.38. The lowest BCUT2D eigenvalue weighted by atomic mass is 9.80. The Bertz CT molecular complexity index is 383. The number of rotatable bonds is 5. The fourth-order valence-electron chi connectivity index (χ4n) is 2.25. The van der Waals surface area contributed by atoms with Crippen LogP contribution in [0.25, 0.3) is 0 Å². The number of ether oxygens (including phenoxy) is 1. The molecule has 0 aliphatic carbocycles. The Labute approximate surface area is 105 Å². The largest absolute Gasteiger partial charge is 0.370 e. The summed E-state index contributed by atoms with van der Waals surface area (Å²) in [5.41, 5.74) is 5.65. The van der Waals surface area contributed by atoms with E-state index in [4.69, 9.17) is 4.74 Å². The molecule has 0 aromatic heterocycles. The molecule has 17 heavy (non-hydrogen) atoms. The van der Waals surface area contributed by atoms with Crippen LogP contribution in [0.2, 0.25) is 0 Å². The summed E-state index contributed by atoms with van der Waals surface area (Å²) in [6, 6.07) is 4.60. The van der Waals surface area contributed by atoms with Gasteiger partial charge < -0.3 is 4.74 Å². The Kier molecular flexibility index (Phi) is 4.72. The van der Waals surface area contributed by atoms with E-state index in [1.165, 1.54) is 22.3 Å². The zero-order chi connectivity index (χ0) is 13.1. The van der Waals surface area contributed by atoms with Gasteiger partial charge in [-0.15, -0.1) is 0 Å². The summed E-state index contributed by atoms with van der Waals surface area (Å²) in [6.45, 7) is 12.6. The molecule has 2 heteroatoms. The van der Waals surface area contributed by atoms with Gasteiger partial charge in [-0.05, 0) is 43.0 Å². The first kappa shape index (κ1) is 14.2. The number of nitrogens with one attached hydrogen (secondary N) is 1. The molecule has 0 spiro atoms. The first-order valence-electron chi connectivity index (χ1n) is 6.16. The van der Waals surface area contributed by atoms with Gasteiger partial charge in [0.05, 0.1) is 6.73 Å². The summed E-state index contributed by atoms with van der Waals surface area (Å²) < 4.78 is 5.04. The summed E-state index contributed by atoms with van der Waals surface area (Å²) in [4.78, 5) is 0. The average Bonchev–Trinajstić information content (AvgIpc) is 2.23. The van der Waals surface area contributed by atoms with Crippen LogP contribution in [-0.2, 0) is 10.2 Å². The highest BCUT2D eigenvalue weighted by Crippen LogP contribution is 2.28. The van der Waals surface area contributed by atoms with Gasteiger partial charge >= 0.3 is 0 Å². The number of hydrogen-bond donors (Lipinski definition) is 1. The standard InChI is InChI=1S/C15H25NO/c1-11-7-13(3)14(8-12(11)2)15(4,5)9-16-10-17-6/h7-8,16H,9-10H2,1-6H3. The van der Waals surface area contributed by atoms with E-state index in [1.807, 2.05) is 0 Å². The smallest absolute Gasteiger partial charge is 0.0961 e. The maximum atomic E-state index is 5.04. The highest BCUT2D eigenvalue weighted by Gasteiger charge is 2.22. The second kappa shape index (κ2) is 5.65. The topological polar surface area (TPSA) is 21.3 Å². The molecule has 0 radical (unpaired) electrons. The van der Waals surface area contributed by atoms with Crippen LogP contribution in [0.3, 0.4) is 0 Å². The summed E-state index contributed by atoms with van der Waals surface area (Å²) >= 11 is 0. The van der Waals surface area contributed by atoms with Gasteiger partial charge in [0.2, 0.25) is 0 Å². The lowest BCUT2D eigenvalue weighted by Crippen LogP contribution is -2.34. The lowest BCUT2D eigenvalue weighted by molar-refractivity contribution is 0.169. The van der Waals surface area contributed by atoms with Crippen LogP contribution in [0.1, 0.15) is 36.1 Å². The van der Waals surface area contributed by atoms with Gasteiger partial charge in [0, 0.05) is 19.1 Å². The Hall–Kier alpha value is -0.860. The monoisotopic (exact) mass is 235 g/mol. The zero-order valence-corrected chi connectivity index (χ0v) is 12.0. The van der Waals surface area contributed by atoms with Crippen molar-refractivity contribution >= 4 is 0 Å². The highest BCUT2D eigenvalue weighted by atomic mass is 16.5. The van der Waals surface area contributed by atoms with E-state index in [2.05, 4.69) is 52.1 Å². The molecule has 0 aliphatic rings. The predicted molar refractivity (Wildman–Crippen MR) is 73.6 cm³/mol. The van der Waals surface area contributed by atoms with Crippen LogP contribution in [0.4, 0.5) is 0 Å². The van der Waals surface area contributed by atoms with Crippen molar-refractivity contribution in [3.05, 3.63) is 34.4 Å². The molecule has 1 rings (SSSR count). The summed E-state index contributed by atoms with van der Waals surface area (Å²) in [6.07, 6.45) is 0. The second-order valence-electron chi connectivity index (χ2n) is 5.50. The van der Waals surface area contributed by atoms with Crippen molar-refractivity contribution in [2.45, 2.75) is 40.0 Å². The van der Waals surface area contributed by atoms with Gasteiger partial charge in [-0.25, -0.2) is 0 Å². The first-order chi connectivity index (χ1) is 7.88. The minimum Gasteiger partial charge on any atom is -0.370 e. The van der Waals surface area contributed by atoms with Gasteiger partial charge in [0.25, 0.3) is 0 Å². The Morgan fingerprint density at radius 3 is 2.24 bits per heavy atom. The predicted octanol–water partition coefficient (Wildman–Crippen LogP) is 3.08. The fourth-order valence-corrected chi connectivity index (χ4v) is 2.25. The van der Waals surface area contributed by atoms with Gasteiger partial charge in [-0.3, -0.25) is 5.32 Å². The van der Waals surface area contributed by atoms with E-state index in [-0.39, 0.29) is 5.41 Å². The SMILES string of the molecule is COCNCC(C)(C)c1cc(C)c(C)cc1C. The van der Waals surface area contributed by atoms with E-state index in [0.717, 1.165) is 6.54 Å². The van der Waals surface area contributed by atoms with Crippen molar-refractivity contribution in [1.29, 1.82) is 0 Å². The van der Waals surface area contributed by atoms with Crippen molar-refractivity contribution in [2.24, 2.45) is 0 Å². The Morgan fingerprint density at radius 2 is 1.65 bits per heavy atom. The molecule has 0 heterocycles. The van der Waals surface area contributed by atoms with Crippen molar-refractivity contribution in [3.8, 4) is 0 Å². The molecule has 96 valence electrons. The molecule has 0 saturated carbocycles. The molecule has 2 nitrogen and oxygen atoms in total. The van der Waals surface area contributed by atoms with Crippen molar-refractivity contribution in [1.82, 2.24) is 5.32 Å². The van der Waals surface area contributed by atoms with E-state index in [9.17, 15) is 0 Å². The summed E-state index contributed by atoms with van der Waals surface area (Å²) in [5, 5.41) is 3.31. The quantitative estimate of drug-likeness (QED) is 0.625. The van der Waals surface area contributed by atoms with Crippen LogP contribution in [0.5, 0.6) is 0 Å². The summed E-state index contributed by atoms with van der Waals surface area (Å²) in [7, 11) is 1.71. The van der Waals surface area contributed by atoms with Gasteiger partial charge in [0.1, 0.15) is 0 Å². The second-order valence-corrected chi connectivity index (χ2v) is 5.50. The number of aryl methyl sites for hydroxylation is 3. The number of benzene rings is 1. The first-order valence-corrected chi connectivity index (χ1v) is 6.16. The molecule has 0 atom stereocenters. The molecule has 0 fully saturated rings. The van der Waals surface area contributed by atoms with E-state index < -0.39 is 0 Å². The van der Waals surface area contributed by atoms with Crippen molar-refractivity contribution in [3.63, 3.8) is 0 Å². The van der Waals surface area contributed by atoms with Crippen LogP contribution in [0, 0.1) is 20.8 Å². The fraction of sp³-hybridized carbons (Fsp3) is 0.600. The summed E-state index contributed by atoms with van der Waals surface area (Å²) in [5.74, 6) is 0. The van der Waals surface area contributed by atoms with Gasteiger partial charge in [-0.1, -0.05) is 26.0 Å². The minimum atomic E-state index is 0.126. The Morgan fingerprint density at radius 1 is 1.06 bits per heavy atom. The molecule has 1 aromatic rings. The van der Waals surface area contributed by atoms with E-state index >= 15 is 0 Å². The third-order valence-electron chi connectivity index (χ3n) is 3.38. The maximum Gasteiger partial charge on any atom is 0.0961 e. The van der Waals surface area contributed by atoms with Gasteiger partial charge in [-0.2, -0.15) is 0 Å². The van der Waals surface area contributed by atoms with Crippen LogP contribution >= 0.6 is 0 Å². The molecule has 1 N–H and O–H groups in total. The molecule has 0 bridgehead atoms. The number of methoxy groups -OCH3 is 1. The molecular formula is C15H25NO. The molecule has 1 aromatic carbocycles. The highest BCUT2D eigenvalue weighted by molar-refractivity contribution is 5.40. The van der Waals surface area contributed by atoms with Crippen molar-refractivity contribution in [2.75, 3.05) is 20.4 Å². The average molecular weight is 235 g/mol. The molecular weight excluding hydrogens is 210 g/mol. The maximum absolute atomic E-state index is 5.04. The lowest BCUT2D eigenvalue weighted by Gasteiger charge is -2.28. The van der Waals surface area contributed by atoms with Crippen molar-refractivity contribution < 1.29 is 4.74 Å². The number of hydrogen-bond acceptors (Lipinski definition) is 2. The van der Waals surface area contributed by atoms with Crippen LogP contribution in [-0.4, -0.2) is 20.4 Å². The van der Waals surface area contributed by atoms with Gasteiger partial charge in [0.15, 0.2) is 0 Å². The van der Waals surface area contributed by atoms with E-state index in [0.29, 0.717) is 6.73 Å². The minimum absolute atomic E-state index is 0.126. The Balaban J connectivity index is 2.93. The third kappa shape index (κ3) is 3.55. The normalized spacial score (nSPS) is 11.9. The van der Waals surface area contributed by atoms with Crippen LogP contribution in [0.15, 0.2) is 12.1 Å². The molecule has 0 aliphatic heterocycles. The zero-order valence-electron chi connectivity index (χ0n) is 12.0. The van der Waals surface area contributed by atoms with Crippen LogP contribution < -0.4 is 5.32 Å².